The first-order valence-corrected chi connectivity index (χ1v) is 12.3. The summed E-state index contributed by atoms with van der Waals surface area (Å²) in [6.45, 7) is 1.34. The lowest BCUT2D eigenvalue weighted by Gasteiger charge is -2.39. The van der Waals surface area contributed by atoms with Gasteiger partial charge in [-0.1, -0.05) is 54.6 Å². The number of carbonyl (C=O) groups is 1. The third-order valence-corrected chi connectivity index (χ3v) is 7.62. The van der Waals surface area contributed by atoms with E-state index < -0.39 is 0 Å². The number of amides is 1. The van der Waals surface area contributed by atoms with Gasteiger partial charge in [0.05, 0.1) is 30.5 Å². The van der Waals surface area contributed by atoms with Crippen LogP contribution >= 0.6 is 0 Å². The number of rotatable bonds is 5. The number of anilines is 1. The summed E-state index contributed by atoms with van der Waals surface area (Å²) in [4.78, 5) is 13.3. The molecule has 1 amide bonds. The number of ether oxygens (including phenoxy) is 2. The summed E-state index contributed by atoms with van der Waals surface area (Å²) in [6.07, 6.45) is 7.76. The SMILES string of the molecule is COc1ccc2ccccc2c1C1Nc2c(C(=O)NCC3CCCO3)cccc2C2C=CCC21. The molecular weight excluding hydrogens is 424 g/mol. The van der Waals surface area contributed by atoms with Crippen molar-refractivity contribution in [2.45, 2.75) is 37.3 Å². The van der Waals surface area contributed by atoms with Crippen LogP contribution in [0.4, 0.5) is 5.69 Å². The predicted molar refractivity (Wildman–Crippen MR) is 135 cm³/mol. The van der Waals surface area contributed by atoms with Crippen molar-refractivity contribution in [3.8, 4) is 5.75 Å². The lowest BCUT2D eigenvalue weighted by molar-refractivity contribution is 0.0858. The smallest absolute Gasteiger partial charge is 0.253 e. The van der Waals surface area contributed by atoms with E-state index in [0.717, 1.165) is 37.3 Å². The molecule has 5 heteroatoms. The second kappa shape index (κ2) is 8.80. The van der Waals surface area contributed by atoms with Gasteiger partial charge in [0.2, 0.25) is 0 Å². The monoisotopic (exact) mass is 454 g/mol. The van der Waals surface area contributed by atoms with E-state index >= 15 is 0 Å². The topological polar surface area (TPSA) is 59.6 Å². The summed E-state index contributed by atoms with van der Waals surface area (Å²) in [5.41, 5.74) is 3.98. The van der Waals surface area contributed by atoms with Crippen LogP contribution in [0.15, 0.2) is 66.7 Å². The van der Waals surface area contributed by atoms with Crippen LogP contribution in [0.1, 0.15) is 52.7 Å². The number of allylic oxidation sites excluding steroid dienone is 2. The molecule has 174 valence electrons. The molecule has 1 aliphatic carbocycles. The summed E-state index contributed by atoms with van der Waals surface area (Å²) in [7, 11) is 1.73. The first-order chi connectivity index (χ1) is 16.7. The van der Waals surface area contributed by atoms with Gasteiger partial charge < -0.3 is 20.1 Å². The molecule has 4 atom stereocenters. The van der Waals surface area contributed by atoms with Crippen molar-refractivity contribution < 1.29 is 14.3 Å². The average Bonchev–Trinajstić information content (AvgIpc) is 3.58. The fourth-order valence-corrected chi connectivity index (χ4v) is 5.98. The minimum atomic E-state index is -0.0519. The van der Waals surface area contributed by atoms with Gasteiger partial charge in [-0.2, -0.15) is 0 Å². The molecule has 4 unspecified atom stereocenters. The maximum atomic E-state index is 13.3. The molecule has 2 N–H and O–H groups in total. The van der Waals surface area contributed by atoms with Crippen molar-refractivity contribution in [3.63, 3.8) is 0 Å². The van der Waals surface area contributed by atoms with E-state index in [9.17, 15) is 4.79 Å². The number of fused-ring (bicyclic) bond motifs is 4. The van der Waals surface area contributed by atoms with Crippen LogP contribution in [0.2, 0.25) is 0 Å². The molecule has 2 aliphatic heterocycles. The summed E-state index contributed by atoms with van der Waals surface area (Å²) >= 11 is 0. The van der Waals surface area contributed by atoms with Gasteiger partial charge in [0.1, 0.15) is 5.75 Å². The van der Waals surface area contributed by atoms with Crippen LogP contribution < -0.4 is 15.4 Å². The molecule has 0 aromatic heterocycles. The molecule has 34 heavy (non-hydrogen) atoms. The largest absolute Gasteiger partial charge is 0.496 e. The molecule has 2 heterocycles. The first-order valence-electron chi connectivity index (χ1n) is 12.3. The van der Waals surface area contributed by atoms with E-state index in [-0.39, 0.29) is 24.0 Å². The highest BCUT2D eigenvalue weighted by Crippen LogP contribution is 2.53. The van der Waals surface area contributed by atoms with Crippen LogP contribution in [0.25, 0.3) is 10.8 Å². The number of methoxy groups -OCH3 is 1. The molecular formula is C29H30N2O3. The standard InChI is InChI=1S/C29H30N2O3/c1-33-25-15-14-18-7-2-3-9-20(18)26(25)28-23-12-4-10-21(23)22-11-5-13-24(27(22)31-28)29(32)30-17-19-8-6-16-34-19/h2-5,7,9-11,13-15,19,21,23,28,31H,6,8,12,16-17H2,1H3,(H,30,32). The molecule has 6 rings (SSSR count). The van der Waals surface area contributed by atoms with Crippen LogP contribution in [-0.4, -0.2) is 32.3 Å². The molecule has 1 fully saturated rings. The maximum absolute atomic E-state index is 13.3. The normalized spacial score (nSPS) is 25.0. The van der Waals surface area contributed by atoms with Gasteiger partial charge in [0.15, 0.2) is 0 Å². The number of para-hydroxylation sites is 1. The number of hydrogen-bond acceptors (Lipinski definition) is 4. The third kappa shape index (κ3) is 3.55. The van der Waals surface area contributed by atoms with Gasteiger partial charge in [-0.05, 0) is 53.6 Å². The van der Waals surface area contributed by atoms with Crippen molar-refractivity contribution in [2.24, 2.45) is 5.92 Å². The summed E-state index contributed by atoms with van der Waals surface area (Å²) in [5, 5.41) is 9.31. The molecule has 0 bridgehead atoms. The molecule has 0 radical (unpaired) electrons. The van der Waals surface area contributed by atoms with Crippen molar-refractivity contribution in [1.29, 1.82) is 0 Å². The Hall–Kier alpha value is -3.31. The predicted octanol–water partition coefficient (Wildman–Crippen LogP) is 5.58. The van der Waals surface area contributed by atoms with Gasteiger partial charge in [0, 0.05) is 24.6 Å². The van der Waals surface area contributed by atoms with Gasteiger partial charge in [-0.15, -0.1) is 0 Å². The zero-order chi connectivity index (χ0) is 23.1. The quantitative estimate of drug-likeness (QED) is 0.494. The lowest BCUT2D eigenvalue weighted by atomic mass is 9.75. The fraction of sp³-hybridized carbons (Fsp3) is 0.345. The molecule has 1 saturated heterocycles. The summed E-state index contributed by atoms with van der Waals surface area (Å²) in [5.74, 6) is 1.45. The van der Waals surface area contributed by atoms with E-state index in [0.29, 0.717) is 18.0 Å². The highest BCUT2D eigenvalue weighted by Gasteiger charge is 2.41. The molecule has 3 aliphatic rings. The number of benzene rings is 3. The van der Waals surface area contributed by atoms with E-state index in [1.165, 1.54) is 21.9 Å². The van der Waals surface area contributed by atoms with E-state index in [2.05, 4.69) is 65.3 Å². The van der Waals surface area contributed by atoms with E-state index in [1.54, 1.807) is 7.11 Å². The summed E-state index contributed by atoms with van der Waals surface area (Å²) in [6, 6.07) is 18.7. The average molecular weight is 455 g/mol. The van der Waals surface area contributed by atoms with E-state index in [4.69, 9.17) is 9.47 Å². The van der Waals surface area contributed by atoms with Gasteiger partial charge in [-0.3, -0.25) is 4.79 Å². The zero-order valence-electron chi connectivity index (χ0n) is 19.4. The minimum absolute atomic E-state index is 0.0284. The zero-order valence-corrected chi connectivity index (χ0v) is 19.4. The van der Waals surface area contributed by atoms with Gasteiger partial charge in [0.25, 0.3) is 5.91 Å². The van der Waals surface area contributed by atoms with Crippen molar-refractivity contribution in [2.75, 3.05) is 25.6 Å². The molecule has 0 spiro atoms. The fourth-order valence-electron chi connectivity index (χ4n) is 5.98. The Balaban J connectivity index is 1.41. The van der Waals surface area contributed by atoms with Crippen LogP contribution in [0, 0.1) is 5.92 Å². The lowest BCUT2D eigenvalue weighted by Crippen LogP contribution is -2.35. The van der Waals surface area contributed by atoms with Crippen LogP contribution in [0.5, 0.6) is 5.75 Å². The van der Waals surface area contributed by atoms with Gasteiger partial charge >= 0.3 is 0 Å². The van der Waals surface area contributed by atoms with E-state index in [1.807, 2.05) is 12.1 Å². The van der Waals surface area contributed by atoms with Crippen molar-refractivity contribution in [1.82, 2.24) is 5.32 Å². The molecule has 3 aromatic carbocycles. The second-order valence-electron chi connectivity index (χ2n) is 9.49. The molecule has 3 aromatic rings. The van der Waals surface area contributed by atoms with Gasteiger partial charge in [-0.25, -0.2) is 0 Å². The maximum Gasteiger partial charge on any atom is 0.253 e. The third-order valence-electron chi connectivity index (χ3n) is 7.62. The Morgan fingerprint density at radius 2 is 2.06 bits per heavy atom. The molecule has 0 saturated carbocycles. The Bertz CT molecular complexity index is 1260. The highest BCUT2D eigenvalue weighted by molar-refractivity contribution is 6.01. The first kappa shape index (κ1) is 21.2. The highest BCUT2D eigenvalue weighted by atomic mass is 16.5. The van der Waals surface area contributed by atoms with Crippen molar-refractivity contribution in [3.05, 3.63) is 83.4 Å². The van der Waals surface area contributed by atoms with Crippen LogP contribution in [-0.2, 0) is 4.74 Å². The number of carbonyl (C=O) groups excluding carboxylic acids is 1. The Morgan fingerprint density at radius 3 is 2.91 bits per heavy atom. The molecule has 5 nitrogen and oxygen atoms in total. The number of nitrogens with one attached hydrogen (secondary N) is 2. The number of hydrogen-bond donors (Lipinski definition) is 2. The van der Waals surface area contributed by atoms with Crippen molar-refractivity contribution >= 4 is 22.4 Å². The summed E-state index contributed by atoms with van der Waals surface area (Å²) < 4.78 is 11.6. The minimum Gasteiger partial charge on any atom is -0.496 e. The van der Waals surface area contributed by atoms with Crippen LogP contribution in [0.3, 0.4) is 0 Å². The Kier molecular flexibility index (Phi) is 5.50. The Morgan fingerprint density at radius 1 is 1.15 bits per heavy atom. The Labute approximate surface area is 200 Å². The second-order valence-corrected chi connectivity index (χ2v) is 9.49.